The third-order valence-electron chi connectivity index (χ3n) is 3.47. The van der Waals surface area contributed by atoms with Crippen LogP contribution in [0, 0.1) is 0 Å². The Morgan fingerprint density at radius 2 is 1.75 bits per heavy atom. The van der Waals surface area contributed by atoms with Gasteiger partial charge >= 0.3 is 0 Å². The van der Waals surface area contributed by atoms with Gasteiger partial charge in [-0.3, -0.25) is 4.99 Å². The minimum Gasteiger partial charge on any atom is -0.497 e. The lowest BCUT2D eigenvalue weighted by Gasteiger charge is -2.29. The number of rotatable bonds is 3. The van der Waals surface area contributed by atoms with Crippen LogP contribution in [-0.4, -0.2) is 26.0 Å². The van der Waals surface area contributed by atoms with Gasteiger partial charge < -0.3 is 9.64 Å². The molecule has 0 radical (unpaired) electrons. The van der Waals surface area contributed by atoms with E-state index in [0.29, 0.717) is 0 Å². The maximum atomic E-state index is 5.21. The number of amidine groups is 1. The lowest BCUT2D eigenvalue weighted by Crippen LogP contribution is -2.36. The van der Waals surface area contributed by atoms with Gasteiger partial charge in [0.1, 0.15) is 11.6 Å². The summed E-state index contributed by atoms with van der Waals surface area (Å²) in [6.07, 6.45) is 1.09. The molecular formula is C17H18N2O. The van der Waals surface area contributed by atoms with E-state index in [4.69, 9.17) is 9.73 Å². The summed E-state index contributed by atoms with van der Waals surface area (Å²) in [7, 11) is 1.68. The minimum atomic E-state index is 0.872. The van der Waals surface area contributed by atoms with Gasteiger partial charge in [-0.05, 0) is 42.8 Å². The standard InChI is InChI=1S/C17H18N2O/c1-20-16-10-8-14(9-11-16)17-18-12-5-13-19(17)15-6-3-2-4-7-15/h2-4,6-11H,5,12-13H2,1H3. The molecule has 2 aromatic rings. The van der Waals surface area contributed by atoms with Crippen LogP contribution in [-0.2, 0) is 0 Å². The van der Waals surface area contributed by atoms with Crippen LogP contribution in [0.5, 0.6) is 5.75 Å². The van der Waals surface area contributed by atoms with Crippen molar-refractivity contribution in [2.75, 3.05) is 25.1 Å². The first kappa shape index (κ1) is 12.7. The second kappa shape index (κ2) is 5.78. The second-order valence-electron chi connectivity index (χ2n) is 4.77. The molecule has 0 saturated carbocycles. The lowest BCUT2D eigenvalue weighted by atomic mass is 10.1. The molecule has 0 unspecified atom stereocenters. The van der Waals surface area contributed by atoms with Crippen molar-refractivity contribution in [1.29, 1.82) is 0 Å². The summed E-state index contributed by atoms with van der Waals surface area (Å²) in [6.45, 7) is 1.90. The number of hydrogen-bond donors (Lipinski definition) is 0. The number of benzene rings is 2. The molecule has 0 spiro atoms. The fraction of sp³-hybridized carbons (Fsp3) is 0.235. The summed E-state index contributed by atoms with van der Waals surface area (Å²) in [5.41, 5.74) is 2.33. The van der Waals surface area contributed by atoms with Gasteiger partial charge in [0.25, 0.3) is 0 Å². The summed E-state index contributed by atoms with van der Waals surface area (Å²) >= 11 is 0. The average molecular weight is 266 g/mol. The monoisotopic (exact) mass is 266 g/mol. The highest BCUT2D eigenvalue weighted by molar-refractivity contribution is 6.10. The second-order valence-corrected chi connectivity index (χ2v) is 4.77. The molecule has 20 heavy (non-hydrogen) atoms. The van der Waals surface area contributed by atoms with Crippen molar-refractivity contribution < 1.29 is 4.74 Å². The van der Waals surface area contributed by atoms with Crippen LogP contribution < -0.4 is 9.64 Å². The maximum absolute atomic E-state index is 5.21. The molecule has 0 aliphatic carbocycles. The first-order valence-electron chi connectivity index (χ1n) is 6.90. The van der Waals surface area contributed by atoms with Crippen molar-refractivity contribution in [2.24, 2.45) is 4.99 Å². The van der Waals surface area contributed by atoms with E-state index >= 15 is 0 Å². The van der Waals surface area contributed by atoms with Gasteiger partial charge in [0.05, 0.1) is 7.11 Å². The Bertz CT molecular complexity index is 590. The highest BCUT2D eigenvalue weighted by Gasteiger charge is 2.18. The quantitative estimate of drug-likeness (QED) is 0.851. The summed E-state index contributed by atoms with van der Waals surface area (Å²) in [4.78, 5) is 7.00. The highest BCUT2D eigenvalue weighted by Crippen LogP contribution is 2.22. The molecule has 0 fully saturated rings. The molecule has 102 valence electrons. The normalized spacial score (nSPS) is 14.8. The zero-order chi connectivity index (χ0) is 13.8. The van der Waals surface area contributed by atoms with Crippen LogP contribution in [0.25, 0.3) is 0 Å². The van der Waals surface area contributed by atoms with Crippen LogP contribution in [0.15, 0.2) is 59.6 Å². The molecule has 2 aromatic carbocycles. The predicted octanol–water partition coefficient (Wildman–Crippen LogP) is 3.35. The zero-order valence-electron chi connectivity index (χ0n) is 11.6. The number of aliphatic imine (C=N–C) groups is 1. The van der Waals surface area contributed by atoms with E-state index in [1.807, 2.05) is 18.2 Å². The number of anilines is 1. The SMILES string of the molecule is COc1ccc(C2=NCCCN2c2ccccc2)cc1. The Labute approximate surface area is 119 Å². The smallest absolute Gasteiger partial charge is 0.135 e. The van der Waals surface area contributed by atoms with E-state index in [2.05, 4.69) is 41.3 Å². The maximum Gasteiger partial charge on any atom is 0.135 e. The molecule has 1 aliphatic heterocycles. The Balaban J connectivity index is 1.94. The van der Waals surface area contributed by atoms with Crippen molar-refractivity contribution in [3.8, 4) is 5.75 Å². The first-order valence-corrected chi connectivity index (χ1v) is 6.90. The average Bonchev–Trinajstić information content (AvgIpc) is 2.56. The lowest BCUT2D eigenvalue weighted by molar-refractivity contribution is 0.415. The number of ether oxygens (including phenoxy) is 1. The Morgan fingerprint density at radius 1 is 1.00 bits per heavy atom. The molecule has 1 aliphatic rings. The van der Waals surface area contributed by atoms with Crippen LogP contribution in [0.3, 0.4) is 0 Å². The van der Waals surface area contributed by atoms with Crippen LogP contribution in [0.1, 0.15) is 12.0 Å². The van der Waals surface area contributed by atoms with Crippen molar-refractivity contribution in [3.63, 3.8) is 0 Å². The molecule has 0 atom stereocenters. The Morgan fingerprint density at radius 3 is 2.45 bits per heavy atom. The van der Waals surface area contributed by atoms with Crippen molar-refractivity contribution in [2.45, 2.75) is 6.42 Å². The third-order valence-corrected chi connectivity index (χ3v) is 3.47. The zero-order valence-corrected chi connectivity index (χ0v) is 11.6. The third kappa shape index (κ3) is 2.52. The van der Waals surface area contributed by atoms with Gasteiger partial charge in [-0.2, -0.15) is 0 Å². The molecule has 1 heterocycles. The van der Waals surface area contributed by atoms with Gasteiger partial charge in [-0.25, -0.2) is 0 Å². The molecule has 0 saturated heterocycles. The van der Waals surface area contributed by atoms with Gasteiger partial charge in [0.15, 0.2) is 0 Å². The summed E-state index contributed by atoms with van der Waals surface area (Å²) in [5.74, 6) is 1.92. The van der Waals surface area contributed by atoms with Crippen LogP contribution in [0.2, 0.25) is 0 Å². The topological polar surface area (TPSA) is 24.8 Å². The van der Waals surface area contributed by atoms with E-state index in [1.165, 1.54) is 5.69 Å². The summed E-state index contributed by atoms with van der Waals surface area (Å²) < 4.78 is 5.21. The molecule has 3 rings (SSSR count). The van der Waals surface area contributed by atoms with Gasteiger partial charge in [0.2, 0.25) is 0 Å². The van der Waals surface area contributed by atoms with Crippen LogP contribution >= 0.6 is 0 Å². The van der Waals surface area contributed by atoms with E-state index in [0.717, 1.165) is 36.7 Å². The summed E-state index contributed by atoms with van der Waals surface area (Å²) in [5, 5.41) is 0. The van der Waals surface area contributed by atoms with E-state index in [-0.39, 0.29) is 0 Å². The molecular weight excluding hydrogens is 248 g/mol. The first-order chi connectivity index (χ1) is 9.88. The molecule has 3 nitrogen and oxygen atoms in total. The molecule has 3 heteroatoms. The number of para-hydroxylation sites is 1. The summed E-state index contributed by atoms with van der Waals surface area (Å²) in [6, 6.07) is 18.5. The van der Waals surface area contributed by atoms with Gasteiger partial charge in [0, 0.05) is 24.3 Å². The van der Waals surface area contributed by atoms with Crippen molar-refractivity contribution in [1.82, 2.24) is 0 Å². The van der Waals surface area contributed by atoms with Crippen molar-refractivity contribution >= 4 is 11.5 Å². The fourth-order valence-corrected chi connectivity index (χ4v) is 2.45. The van der Waals surface area contributed by atoms with Gasteiger partial charge in [-0.15, -0.1) is 0 Å². The largest absolute Gasteiger partial charge is 0.497 e. The number of nitrogens with zero attached hydrogens (tertiary/aromatic N) is 2. The predicted molar refractivity (Wildman–Crippen MR) is 82.8 cm³/mol. The van der Waals surface area contributed by atoms with Crippen LogP contribution in [0.4, 0.5) is 5.69 Å². The van der Waals surface area contributed by atoms with Gasteiger partial charge in [-0.1, -0.05) is 18.2 Å². The fourth-order valence-electron chi connectivity index (χ4n) is 2.45. The minimum absolute atomic E-state index is 0.872. The molecule has 0 aromatic heterocycles. The Hall–Kier alpha value is -2.29. The van der Waals surface area contributed by atoms with Crippen molar-refractivity contribution in [3.05, 3.63) is 60.2 Å². The highest BCUT2D eigenvalue weighted by atomic mass is 16.5. The number of hydrogen-bond acceptors (Lipinski definition) is 3. The van der Waals surface area contributed by atoms with E-state index in [9.17, 15) is 0 Å². The molecule has 0 bridgehead atoms. The van der Waals surface area contributed by atoms with E-state index in [1.54, 1.807) is 7.11 Å². The van der Waals surface area contributed by atoms with E-state index < -0.39 is 0 Å². The Kier molecular flexibility index (Phi) is 3.68. The molecule has 0 N–H and O–H groups in total. The molecule has 0 amide bonds. The number of methoxy groups -OCH3 is 1.